The molecule has 20 heavy (non-hydrogen) atoms. The standard InChI is InChI=1S/C16H26N2O2/c1-19-10-3-8-18(9-11-20-2)13-14-4-5-15-6-7-17-16(15)12-14/h4-5,12,17H,3,6-11,13H2,1-2H3. The highest BCUT2D eigenvalue weighted by Gasteiger charge is 2.12. The SMILES string of the molecule is COCCCN(CCOC)Cc1ccc2c(c1)NCC2. The van der Waals surface area contributed by atoms with E-state index in [4.69, 9.17) is 9.47 Å². The van der Waals surface area contributed by atoms with Gasteiger partial charge in [-0.25, -0.2) is 0 Å². The summed E-state index contributed by atoms with van der Waals surface area (Å²) in [5.41, 5.74) is 4.12. The fourth-order valence-electron chi connectivity index (χ4n) is 2.62. The first kappa shape index (κ1) is 15.3. The van der Waals surface area contributed by atoms with Gasteiger partial charge in [-0.3, -0.25) is 4.90 Å². The third-order valence-electron chi connectivity index (χ3n) is 3.72. The molecular weight excluding hydrogens is 252 g/mol. The van der Waals surface area contributed by atoms with Crippen molar-refractivity contribution in [3.05, 3.63) is 29.3 Å². The lowest BCUT2D eigenvalue weighted by Crippen LogP contribution is -2.28. The van der Waals surface area contributed by atoms with Crippen LogP contribution in [0.5, 0.6) is 0 Å². The molecule has 2 rings (SSSR count). The maximum absolute atomic E-state index is 5.21. The van der Waals surface area contributed by atoms with Crippen molar-refractivity contribution in [1.29, 1.82) is 0 Å². The third kappa shape index (κ3) is 4.47. The number of methoxy groups -OCH3 is 2. The highest BCUT2D eigenvalue weighted by atomic mass is 16.5. The zero-order chi connectivity index (χ0) is 14.2. The lowest BCUT2D eigenvalue weighted by Gasteiger charge is -2.22. The summed E-state index contributed by atoms with van der Waals surface area (Å²) in [4.78, 5) is 2.43. The van der Waals surface area contributed by atoms with Crippen LogP contribution in [0.3, 0.4) is 0 Å². The highest BCUT2D eigenvalue weighted by molar-refractivity contribution is 5.56. The number of hydrogen-bond acceptors (Lipinski definition) is 4. The summed E-state index contributed by atoms with van der Waals surface area (Å²) in [5.74, 6) is 0. The van der Waals surface area contributed by atoms with Crippen molar-refractivity contribution in [2.24, 2.45) is 0 Å². The van der Waals surface area contributed by atoms with E-state index in [1.54, 1.807) is 14.2 Å². The largest absolute Gasteiger partial charge is 0.385 e. The zero-order valence-electron chi connectivity index (χ0n) is 12.7. The molecule has 4 heteroatoms. The van der Waals surface area contributed by atoms with Crippen molar-refractivity contribution in [2.45, 2.75) is 19.4 Å². The van der Waals surface area contributed by atoms with Crippen molar-refractivity contribution >= 4 is 5.69 Å². The van der Waals surface area contributed by atoms with E-state index in [-0.39, 0.29) is 0 Å². The molecule has 0 radical (unpaired) electrons. The Balaban J connectivity index is 1.91. The number of nitrogens with zero attached hydrogens (tertiary/aromatic N) is 1. The van der Waals surface area contributed by atoms with Crippen molar-refractivity contribution < 1.29 is 9.47 Å². The normalized spacial score (nSPS) is 13.6. The topological polar surface area (TPSA) is 33.7 Å². The van der Waals surface area contributed by atoms with Crippen LogP contribution in [-0.4, -0.2) is 52.0 Å². The molecule has 4 nitrogen and oxygen atoms in total. The van der Waals surface area contributed by atoms with Gasteiger partial charge < -0.3 is 14.8 Å². The zero-order valence-corrected chi connectivity index (χ0v) is 12.7. The van der Waals surface area contributed by atoms with Crippen LogP contribution in [0.4, 0.5) is 5.69 Å². The van der Waals surface area contributed by atoms with Gasteiger partial charge in [0.2, 0.25) is 0 Å². The van der Waals surface area contributed by atoms with Crippen LogP contribution in [0.2, 0.25) is 0 Å². The number of benzene rings is 1. The molecule has 0 bridgehead atoms. The summed E-state index contributed by atoms with van der Waals surface area (Å²) in [5, 5.41) is 3.45. The van der Waals surface area contributed by atoms with Gasteiger partial charge in [0, 0.05) is 52.7 Å². The number of ether oxygens (including phenoxy) is 2. The Kier molecular flexibility index (Phi) is 6.30. The van der Waals surface area contributed by atoms with Gasteiger partial charge in [-0.2, -0.15) is 0 Å². The van der Waals surface area contributed by atoms with Crippen molar-refractivity contribution in [3.63, 3.8) is 0 Å². The van der Waals surface area contributed by atoms with Crippen LogP contribution in [0, 0.1) is 0 Å². The third-order valence-corrected chi connectivity index (χ3v) is 3.72. The summed E-state index contributed by atoms with van der Waals surface area (Å²) in [7, 11) is 3.51. The quantitative estimate of drug-likeness (QED) is 0.702. The molecule has 1 N–H and O–H groups in total. The molecule has 1 aliphatic rings. The Morgan fingerprint density at radius 2 is 2.00 bits per heavy atom. The van der Waals surface area contributed by atoms with E-state index in [2.05, 4.69) is 28.4 Å². The summed E-state index contributed by atoms with van der Waals surface area (Å²) in [6.45, 7) is 5.64. The van der Waals surface area contributed by atoms with Crippen LogP contribution < -0.4 is 5.32 Å². The van der Waals surface area contributed by atoms with Crippen molar-refractivity contribution in [1.82, 2.24) is 4.90 Å². The Labute approximate surface area is 122 Å². The minimum atomic E-state index is 0.774. The van der Waals surface area contributed by atoms with Gasteiger partial charge in [-0.15, -0.1) is 0 Å². The van der Waals surface area contributed by atoms with Crippen molar-refractivity contribution in [3.8, 4) is 0 Å². The van der Waals surface area contributed by atoms with E-state index in [0.29, 0.717) is 0 Å². The predicted molar refractivity (Wildman–Crippen MR) is 82.3 cm³/mol. The molecule has 1 aromatic rings. The van der Waals surface area contributed by atoms with Gasteiger partial charge in [-0.1, -0.05) is 12.1 Å². The van der Waals surface area contributed by atoms with Gasteiger partial charge in [0.05, 0.1) is 6.61 Å². The second-order valence-electron chi connectivity index (χ2n) is 5.28. The maximum Gasteiger partial charge on any atom is 0.0589 e. The van der Waals surface area contributed by atoms with Gasteiger partial charge in [0.25, 0.3) is 0 Å². The monoisotopic (exact) mass is 278 g/mol. The minimum absolute atomic E-state index is 0.774. The molecule has 1 aliphatic heterocycles. The molecule has 0 spiro atoms. The fraction of sp³-hybridized carbons (Fsp3) is 0.625. The molecule has 0 amide bonds. The fourth-order valence-corrected chi connectivity index (χ4v) is 2.62. The van der Waals surface area contributed by atoms with E-state index in [1.165, 1.54) is 16.8 Å². The summed E-state index contributed by atoms with van der Waals surface area (Å²) >= 11 is 0. The first-order chi connectivity index (χ1) is 9.83. The smallest absolute Gasteiger partial charge is 0.0589 e. The van der Waals surface area contributed by atoms with Crippen LogP contribution in [0.15, 0.2) is 18.2 Å². The molecule has 0 aromatic heterocycles. The van der Waals surface area contributed by atoms with E-state index in [9.17, 15) is 0 Å². The maximum atomic E-state index is 5.21. The molecule has 0 unspecified atom stereocenters. The molecular formula is C16H26N2O2. The van der Waals surface area contributed by atoms with Crippen molar-refractivity contribution in [2.75, 3.05) is 52.4 Å². The molecule has 0 fully saturated rings. The molecule has 0 aliphatic carbocycles. The van der Waals surface area contributed by atoms with E-state index in [1.807, 2.05) is 0 Å². The second kappa shape index (κ2) is 8.25. The van der Waals surface area contributed by atoms with Crippen LogP contribution in [-0.2, 0) is 22.4 Å². The molecule has 0 saturated carbocycles. The van der Waals surface area contributed by atoms with Crippen LogP contribution in [0.1, 0.15) is 17.5 Å². The van der Waals surface area contributed by atoms with Crippen LogP contribution >= 0.6 is 0 Å². The summed E-state index contributed by atoms with van der Waals surface area (Å²) < 4.78 is 10.3. The molecule has 1 heterocycles. The highest BCUT2D eigenvalue weighted by Crippen LogP contribution is 2.23. The van der Waals surface area contributed by atoms with Gasteiger partial charge in [-0.05, 0) is 30.0 Å². The predicted octanol–water partition coefficient (Wildman–Crippen LogP) is 2.14. The Hall–Kier alpha value is -1.10. The summed E-state index contributed by atoms with van der Waals surface area (Å²) in [6, 6.07) is 6.80. The van der Waals surface area contributed by atoms with E-state index >= 15 is 0 Å². The molecule has 112 valence electrons. The Morgan fingerprint density at radius 1 is 1.15 bits per heavy atom. The molecule has 0 atom stereocenters. The number of nitrogens with one attached hydrogen (secondary N) is 1. The Bertz CT molecular complexity index is 409. The number of hydrogen-bond donors (Lipinski definition) is 1. The molecule has 0 saturated heterocycles. The average Bonchev–Trinajstić information content (AvgIpc) is 2.92. The summed E-state index contributed by atoms with van der Waals surface area (Å²) in [6.07, 6.45) is 2.21. The van der Waals surface area contributed by atoms with Gasteiger partial charge >= 0.3 is 0 Å². The lowest BCUT2D eigenvalue weighted by atomic mass is 10.1. The molecule has 1 aromatic carbocycles. The lowest BCUT2D eigenvalue weighted by molar-refractivity contribution is 0.129. The first-order valence-electron chi connectivity index (χ1n) is 7.39. The second-order valence-corrected chi connectivity index (χ2v) is 5.28. The number of anilines is 1. The Morgan fingerprint density at radius 3 is 2.80 bits per heavy atom. The average molecular weight is 278 g/mol. The van der Waals surface area contributed by atoms with Crippen LogP contribution in [0.25, 0.3) is 0 Å². The van der Waals surface area contributed by atoms with E-state index in [0.717, 1.165) is 52.2 Å². The van der Waals surface area contributed by atoms with E-state index < -0.39 is 0 Å². The van der Waals surface area contributed by atoms with Gasteiger partial charge in [0.1, 0.15) is 0 Å². The first-order valence-corrected chi connectivity index (χ1v) is 7.39. The minimum Gasteiger partial charge on any atom is -0.385 e. The van der Waals surface area contributed by atoms with Gasteiger partial charge in [0.15, 0.2) is 0 Å². The number of rotatable bonds is 9. The number of fused-ring (bicyclic) bond motifs is 1.